The zero-order chi connectivity index (χ0) is 17.3. The standard InChI is InChI=1S/C17H17NO5S/c19-13-9-14(17(21)16(20)10-13)15-7-4-8-18(15)24(22,23)11-12-5-2-1-3-6-12/h1-3,5-6,9-10,15,20H,4,7-8,11H2. The summed E-state index contributed by atoms with van der Waals surface area (Å²) in [6.07, 6.45) is 3.03. The number of carbonyl (C=O) groups excluding carboxylic acids is 2. The number of rotatable bonds is 4. The fourth-order valence-electron chi connectivity index (χ4n) is 3.11. The summed E-state index contributed by atoms with van der Waals surface area (Å²) in [7, 11) is -3.64. The van der Waals surface area contributed by atoms with E-state index in [-0.39, 0.29) is 11.3 Å². The third kappa shape index (κ3) is 3.18. The number of hydrogen-bond acceptors (Lipinski definition) is 5. The molecule has 0 radical (unpaired) electrons. The summed E-state index contributed by atoms with van der Waals surface area (Å²) in [5.41, 5.74) is 0.708. The average molecular weight is 347 g/mol. The molecule has 1 N–H and O–H groups in total. The number of Topliss-reactive ketones (excluding diaryl/α,β-unsaturated/α-hetero) is 1. The van der Waals surface area contributed by atoms with E-state index >= 15 is 0 Å². The van der Waals surface area contributed by atoms with Crippen LogP contribution in [0.1, 0.15) is 18.4 Å². The van der Waals surface area contributed by atoms with E-state index in [1.807, 2.05) is 0 Å². The third-order valence-corrected chi connectivity index (χ3v) is 6.03. The molecular formula is C17H17NO5S. The fourth-order valence-corrected chi connectivity index (χ4v) is 4.90. The van der Waals surface area contributed by atoms with E-state index in [1.165, 1.54) is 4.31 Å². The number of aliphatic hydroxyl groups is 1. The second-order valence-electron chi connectivity index (χ2n) is 5.87. The Hall–Kier alpha value is -2.25. The summed E-state index contributed by atoms with van der Waals surface area (Å²) in [5.74, 6) is -1.98. The maximum atomic E-state index is 12.8. The lowest BCUT2D eigenvalue weighted by molar-refractivity contribution is -0.117. The van der Waals surface area contributed by atoms with Gasteiger partial charge in [0, 0.05) is 18.2 Å². The van der Waals surface area contributed by atoms with Gasteiger partial charge in [-0.1, -0.05) is 30.3 Å². The Bertz CT molecular complexity index is 839. The van der Waals surface area contributed by atoms with Crippen molar-refractivity contribution >= 4 is 21.6 Å². The highest BCUT2D eigenvalue weighted by Gasteiger charge is 2.40. The summed E-state index contributed by atoms with van der Waals surface area (Å²) in [5, 5.41) is 9.59. The molecule has 1 fully saturated rings. The number of nitrogens with zero attached hydrogens (tertiary/aromatic N) is 1. The fraction of sp³-hybridized carbons (Fsp3) is 0.294. The number of aliphatic hydroxyl groups excluding tert-OH is 1. The highest BCUT2D eigenvalue weighted by atomic mass is 32.2. The van der Waals surface area contributed by atoms with Crippen LogP contribution in [-0.4, -0.2) is 42.0 Å². The normalized spacial score (nSPS) is 22.4. The van der Waals surface area contributed by atoms with Crippen molar-refractivity contribution in [2.75, 3.05) is 6.54 Å². The first-order valence-corrected chi connectivity index (χ1v) is 9.24. The number of ketones is 2. The zero-order valence-electron chi connectivity index (χ0n) is 12.9. The molecule has 1 aromatic rings. The first kappa shape index (κ1) is 16.6. The van der Waals surface area contributed by atoms with Gasteiger partial charge in [-0.05, 0) is 24.5 Å². The molecule has 7 heteroatoms. The van der Waals surface area contributed by atoms with Crippen molar-refractivity contribution in [2.45, 2.75) is 24.6 Å². The molecule has 1 saturated heterocycles. The lowest BCUT2D eigenvalue weighted by Crippen LogP contribution is -2.40. The van der Waals surface area contributed by atoms with Crippen LogP contribution in [0.5, 0.6) is 0 Å². The minimum Gasteiger partial charge on any atom is -0.504 e. The molecule has 0 spiro atoms. The second-order valence-corrected chi connectivity index (χ2v) is 7.79. The van der Waals surface area contributed by atoms with Crippen LogP contribution in [0.25, 0.3) is 0 Å². The first-order valence-electron chi connectivity index (χ1n) is 7.63. The number of carbonyl (C=O) groups is 2. The quantitative estimate of drug-likeness (QED) is 0.834. The van der Waals surface area contributed by atoms with E-state index in [2.05, 4.69) is 0 Å². The molecule has 2 aliphatic rings. The number of sulfonamides is 1. The van der Waals surface area contributed by atoms with E-state index < -0.39 is 33.4 Å². The van der Waals surface area contributed by atoms with Crippen LogP contribution in [0.15, 0.2) is 53.8 Å². The molecular weight excluding hydrogens is 330 g/mol. The average Bonchev–Trinajstić information content (AvgIpc) is 3.02. The topological polar surface area (TPSA) is 91.8 Å². The lowest BCUT2D eigenvalue weighted by atomic mass is 9.94. The first-order chi connectivity index (χ1) is 11.4. The van der Waals surface area contributed by atoms with Crippen LogP contribution in [0.3, 0.4) is 0 Å². The summed E-state index contributed by atoms with van der Waals surface area (Å²) < 4.78 is 26.8. The van der Waals surface area contributed by atoms with Crippen molar-refractivity contribution < 1.29 is 23.1 Å². The van der Waals surface area contributed by atoms with Crippen molar-refractivity contribution in [2.24, 2.45) is 0 Å². The van der Waals surface area contributed by atoms with Gasteiger partial charge in [-0.2, -0.15) is 4.31 Å². The highest BCUT2D eigenvalue weighted by Crippen LogP contribution is 2.30. The van der Waals surface area contributed by atoms with Crippen LogP contribution >= 0.6 is 0 Å². The Morgan fingerprint density at radius 2 is 1.83 bits per heavy atom. The molecule has 24 heavy (non-hydrogen) atoms. The second kappa shape index (κ2) is 6.33. The predicted molar refractivity (Wildman–Crippen MR) is 87.6 cm³/mol. The molecule has 1 aliphatic carbocycles. The lowest BCUT2D eigenvalue weighted by Gasteiger charge is -2.26. The Morgan fingerprint density at radius 3 is 2.54 bits per heavy atom. The minimum absolute atomic E-state index is 0.0501. The van der Waals surface area contributed by atoms with Crippen LogP contribution in [0.2, 0.25) is 0 Å². The maximum Gasteiger partial charge on any atom is 0.225 e. The van der Waals surface area contributed by atoms with Gasteiger partial charge in [0.05, 0.1) is 11.8 Å². The molecule has 0 bridgehead atoms. The van der Waals surface area contributed by atoms with Gasteiger partial charge in [0.25, 0.3) is 0 Å². The van der Waals surface area contributed by atoms with Gasteiger partial charge >= 0.3 is 0 Å². The van der Waals surface area contributed by atoms with Crippen molar-refractivity contribution in [3.05, 3.63) is 59.4 Å². The summed E-state index contributed by atoms with van der Waals surface area (Å²) in [6.45, 7) is 0.295. The van der Waals surface area contributed by atoms with Gasteiger partial charge in [-0.3, -0.25) is 9.59 Å². The van der Waals surface area contributed by atoms with Crippen molar-refractivity contribution in [3.8, 4) is 0 Å². The Balaban J connectivity index is 1.88. The van der Waals surface area contributed by atoms with Gasteiger partial charge in [-0.25, -0.2) is 8.42 Å². The number of allylic oxidation sites excluding steroid dienone is 3. The van der Waals surface area contributed by atoms with E-state index in [0.29, 0.717) is 24.9 Å². The molecule has 126 valence electrons. The molecule has 1 aliphatic heterocycles. The molecule has 1 aromatic carbocycles. The van der Waals surface area contributed by atoms with Crippen LogP contribution < -0.4 is 0 Å². The van der Waals surface area contributed by atoms with Gasteiger partial charge in [0.2, 0.25) is 15.8 Å². The highest BCUT2D eigenvalue weighted by molar-refractivity contribution is 7.88. The van der Waals surface area contributed by atoms with Gasteiger partial charge in [0.15, 0.2) is 11.5 Å². The van der Waals surface area contributed by atoms with E-state index in [4.69, 9.17) is 0 Å². The largest absolute Gasteiger partial charge is 0.504 e. The Kier molecular flexibility index (Phi) is 4.38. The molecule has 0 amide bonds. The van der Waals surface area contributed by atoms with Crippen molar-refractivity contribution in [3.63, 3.8) is 0 Å². The predicted octanol–water partition coefficient (Wildman–Crippen LogP) is 1.50. The van der Waals surface area contributed by atoms with Gasteiger partial charge in [-0.15, -0.1) is 0 Å². The Labute approximate surface area is 140 Å². The smallest absolute Gasteiger partial charge is 0.225 e. The number of benzene rings is 1. The Morgan fingerprint density at radius 1 is 1.12 bits per heavy atom. The molecule has 6 nitrogen and oxygen atoms in total. The summed E-state index contributed by atoms with van der Waals surface area (Å²) in [6, 6.07) is 8.09. The zero-order valence-corrected chi connectivity index (χ0v) is 13.7. The van der Waals surface area contributed by atoms with Crippen LogP contribution in [0.4, 0.5) is 0 Å². The van der Waals surface area contributed by atoms with Gasteiger partial charge < -0.3 is 5.11 Å². The molecule has 0 aromatic heterocycles. The molecule has 0 saturated carbocycles. The molecule has 3 rings (SSSR count). The van der Waals surface area contributed by atoms with Crippen molar-refractivity contribution in [1.29, 1.82) is 0 Å². The van der Waals surface area contributed by atoms with Crippen LogP contribution in [-0.2, 0) is 25.4 Å². The number of hydrogen-bond donors (Lipinski definition) is 1. The molecule has 1 unspecified atom stereocenters. The van der Waals surface area contributed by atoms with Crippen LogP contribution in [0, 0.1) is 0 Å². The molecule has 1 atom stereocenters. The van der Waals surface area contributed by atoms with Crippen molar-refractivity contribution in [1.82, 2.24) is 4.31 Å². The molecule has 1 heterocycles. The van der Waals surface area contributed by atoms with Gasteiger partial charge in [0.1, 0.15) is 0 Å². The van der Waals surface area contributed by atoms with E-state index in [1.54, 1.807) is 30.3 Å². The summed E-state index contributed by atoms with van der Waals surface area (Å²) >= 11 is 0. The van der Waals surface area contributed by atoms with E-state index in [9.17, 15) is 23.1 Å². The maximum absolute atomic E-state index is 12.8. The minimum atomic E-state index is -3.64. The van der Waals surface area contributed by atoms with E-state index in [0.717, 1.165) is 12.2 Å². The monoisotopic (exact) mass is 347 g/mol. The third-order valence-electron chi connectivity index (χ3n) is 4.18. The SMILES string of the molecule is O=C1C=C(O)C(=O)C(C2CCCN2S(=O)(=O)Cc2ccccc2)=C1. The summed E-state index contributed by atoms with van der Waals surface area (Å²) in [4.78, 5) is 23.7.